The minimum Gasteiger partial charge on any atom is -0.382 e. The number of thioether (sulfide) groups is 1. The van der Waals surface area contributed by atoms with Gasteiger partial charge < -0.3 is 10.3 Å². The Morgan fingerprint density at radius 1 is 1.15 bits per heavy atom. The fraction of sp³-hybridized carbons (Fsp3) is 0.350. The maximum atomic E-state index is 6.14. The molecule has 0 aliphatic carbocycles. The molecule has 27 heavy (non-hydrogen) atoms. The quantitative estimate of drug-likeness (QED) is 0.160. The maximum absolute atomic E-state index is 6.14. The minimum absolute atomic E-state index is 0.438. The van der Waals surface area contributed by atoms with Crippen LogP contribution in [0.3, 0.4) is 0 Å². The van der Waals surface area contributed by atoms with Crippen molar-refractivity contribution in [3.8, 4) is 0 Å². The van der Waals surface area contributed by atoms with Crippen molar-refractivity contribution in [3.05, 3.63) is 52.8 Å². The maximum Gasteiger partial charge on any atom is 0.191 e. The third kappa shape index (κ3) is 5.32. The van der Waals surface area contributed by atoms with E-state index in [4.69, 9.17) is 10.7 Å². The molecular formula is C20H24BrN5S. The number of hydrogen-bond acceptors (Lipinski definition) is 5. The number of anilines is 1. The van der Waals surface area contributed by atoms with Crippen molar-refractivity contribution in [1.82, 2.24) is 19.5 Å². The highest BCUT2D eigenvalue weighted by molar-refractivity contribution is 9.10. The number of halogens is 1. The van der Waals surface area contributed by atoms with Gasteiger partial charge >= 0.3 is 0 Å². The lowest BCUT2D eigenvalue weighted by Crippen LogP contribution is -2.03. The van der Waals surface area contributed by atoms with Crippen LogP contribution in [0.4, 0.5) is 5.82 Å². The molecule has 0 radical (unpaired) electrons. The van der Waals surface area contributed by atoms with Crippen LogP contribution >= 0.6 is 27.7 Å². The van der Waals surface area contributed by atoms with E-state index in [1.54, 1.807) is 11.8 Å². The zero-order valence-electron chi connectivity index (χ0n) is 15.4. The van der Waals surface area contributed by atoms with Gasteiger partial charge in [0.2, 0.25) is 0 Å². The SMILES string of the molecule is CCC=CCCCn1c(Br)nc2c(N)nc(SCCc3ccccc3)nc21. The zero-order valence-corrected chi connectivity index (χ0v) is 17.8. The van der Waals surface area contributed by atoms with E-state index in [1.807, 2.05) is 6.07 Å². The lowest BCUT2D eigenvalue weighted by atomic mass is 10.2. The van der Waals surface area contributed by atoms with Gasteiger partial charge in [0.1, 0.15) is 0 Å². The summed E-state index contributed by atoms with van der Waals surface area (Å²) in [7, 11) is 0. The van der Waals surface area contributed by atoms with E-state index >= 15 is 0 Å². The molecule has 2 aromatic heterocycles. The number of benzene rings is 1. The molecule has 0 saturated carbocycles. The van der Waals surface area contributed by atoms with Gasteiger partial charge in [0.15, 0.2) is 26.9 Å². The fourth-order valence-electron chi connectivity index (χ4n) is 2.79. The summed E-state index contributed by atoms with van der Waals surface area (Å²) >= 11 is 5.17. The molecule has 0 spiro atoms. The van der Waals surface area contributed by atoms with E-state index < -0.39 is 0 Å². The zero-order chi connectivity index (χ0) is 19.1. The summed E-state index contributed by atoms with van der Waals surface area (Å²) in [6, 6.07) is 10.4. The predicted molar refractivity (Wildman–Crippen MR) is 117 cm³/mol. The highest BCUT2D eigenvalue weighted by Gasteiger charge is 2.15. The number of allylic oxidation sites excluding steroid dienone is 2. The van der Waals surface area contributed by atoms with Crippen molar-refractivity contribution in [2.24, 2.45) is 0 Å². The molecule has 0 atom stereocenters. The number of aryl methyl sites for hydroxylation is 2. The van der Waals surface area contributed by atoms with E-state index in [2.05, 4.69) is 73.8 Å². The molecule has 0 amide bonds. The van der Waals surface area contributed by atoms with Crippen LogP contribution in [-0.2, 0) is 13.0 Å². The number of fused-ring (bicyclic) bond motifs is 1. The van der Waals surface area contributed by atoms with Gasteiger partial charge in [-0.1, -0.05) is 61.2 Å². The molecule has 0 unspecified atom stereocenters. The normalized spacial score (nSPS) is 11.6. The molecule has 142 valence electrons. The van der Waals surface area contributed by atoms with E-state index in [9.17, 15) is 0 Å². The topological polar surface area (TPSA) is 69.6 Å². The van der Waals surface area contributed by atoms with Crippen LogP contribution in [0.5, 0.6) is 0 Å². The number of nitrogens with zero attached hydrogens (tertiary/aromatic N) is 4. The van der Waals surface area contributed by atoms with Crippen molar-refractivity contribution >= 4 is 44.7 Å². The second-order valence-corrected chi connectivity index (χ2v) is 7.97. The number of imidazole rings is 1. The summed E-state index contributed by atoms with van der Waals surface area (Å²) in [5.74, 6) is 1.35. The molecule has 0 aliphatic rings. The first-order chi connectivity index (χ1) is 13.2. The fourth-order valence-corrected chi connectivity index (χ4v) is 4.15. The molecule has 2 heterocycles. The highest BCUT2D eigenvalue weighted by Crippen LogP contribution is 2.26. The van der Waals surface area contributed by atoms with Gasteiger partial charge in [-0.25, -0.2) is 15.0 Å². The molecule has 0 bridgehead atoms. The second-order valence-electron chi connectivity index (χ2n) is 6.20. The summed E-state index contributed by atoms with van der Waals surface area (Å²) in [5, 5.41) is 0.704. The van der Waals surface area contributed by atoms with Crippen LogP contribution in [0.25, 0.3) is 11.2 Å². The van der Waals surface area contributed by atoms with Gasteiger partial charge in [-0.3, -0.25) is 0 Å². The van der Waals surface area contributed by atoms with Gasteiger partial charge in [0.25, 0.3) is 0 Å². The number of unbranched alkanes of at least 4 members (excludes halogenated alkanes) is 1. The van der Waals surface area contributed by atoms with Crippen molar-refractivity contribution in [1.29, 1.82) is 0 Å². The minimum atomic E-state index is 0.438. The molecule has 1 aromatic carbocycles. The molecule has 0 aliphatic heterocycles. The standard InChI is InChI=1S/C20H24BrN5S/c1-2-3-4-5-9-13-26-18-16(23-19(26)21)17(22)24-20(25-18)27-14-12-15-10-7-6-8-11-15/h3-4,6-8,10-11H,2,5,9,12-14H2,1H3,(H2,22,24,25). The monoisotopic (exact) mass is 445 g/mol. The van der Waals surface area contributed by atoms with Gasteiger partial charge in [0.05, 0.1) is 0 Å². The van der Waals surface area contributed by atoms with Crippen molar-refractivity contribution < 1.29 is 0 Å². The van der Waals surface area contributed by atoms with E-state index in [0.717, 1.165) is 48.4 Å². The van der Waals surface area contributed by atoms with Gasteiger partial charge in [-0.05, 0) is 47.2 Å². The Hall–Kier alpha value is -1.86. The predicted octanol–water partition coefficient (Wildman–Crippen LogP) is 5.25. The summed E-state index contributed by atoms with van der Waals surface area (Å²) in [6.07, 6.45) is 8.54. The van der Waals surface area contributed by atoms with Gasteiger partial charge in [0, 0.05) is 12.3 Å². The van der Waals surface area contributed by atoms with Crippen molar-refractivity contribution in [2.75, 3.05) is 11.5 Å². The molecule has 5 nitrogen and oxygen atoms in total. The largest absolute Gasteiger partial charge is 0.382 e. The molecule has 7 heteroatoms. The highest BCUT2D eigenvalue weighted by atomic mass is 79.9. The van der Waals surface area contributed by atoms with E-state index in [0.29, 0.717) is 16.5 Å². The van der Waals surface area contributed by atoms with Gasteiger partial charge in [-0.15, -0.1) is 0 Å². The summed E-state index contributed by atoms with van der Waals surface area (Å²) in [6.45, 7) is 2.99. The van der Waals surface area contributed by atoms with Crippen LogP contribution in [0.15, 0.2) is 52.4 Å². The van der Waals surface area contributed by atoms with E-state index in [-0.39, 0.29) is 0 Å². The Morgan fingerprint density at radius 3 is 2.74 bits per heavy atom. The lowest BCUT2D eigenvalue weighted by Gasteiger charge is -2.06. The van der Waals surface area contributed by atoms with Gasteiger partial charge in [-0.2, -0.15) is 0 Å². The number of nitrogen functional groups attached to an aromatic ring is 1. The van der Waals surface area contributed by atoms with Crippen LogP contribution in [0, 0.1) is 0 Å². The summed E-state index contributed by atoms with van der Waals surface area (Å²) in [5.41, 5.74) is 8.92. The molecule has 2 N–H and O–H groups in total. The smallest absolute Gasteiger partial charge is 0.191 e. The Morgan fingerprint density at radius 2 is 1.96 bits per heavy atom. The van der Waals surface area contributed by atoms with Crippen LogP contribution in [0.1, 0.15) is 31.7 Å². The van der Waals surface area contributed by atoms with Crippen molar-refractivity contribution in [2.45, 2.75) is 44.3 Å². The third-order valence-electron chi connectivity index (χ3n) is 4.17. The Bertz CT molecular complexity index is 908. The lowest BCUT2D eigenvalue weighted by molar-refractivity contribution is 0.646. The summed E-state index contributed by atoms with van der Waals surface area (Å²) in [4.78, 5) is 13.7. The van der Waals surface area contributed by atoms with Crippen LogP contribution < -0.4 is 5.73 Å². The molecular weight excluding hydrogens is 422 g/mol. The first kappa shape index (κ1) is 19.9. The number of hydrogen-bond donors (Lipinski definition) is 1. The first-order valence-electron chi connectivity index (χ1n) is 9.20. The molecule has 0 fully saturated rings. The number of nitrogens with two attached hydrogens (primary N) is 1. The molecule has 3 aromatic rings. The Balaban J connectivity index is 1.71. The summed E-state index contributed by atoms with van der Waals surface area (Å²) < 4.78 is 2.83. The van der Waals surface area contributed by atoms with Crippen LogP contribution in [0.2, 0.25) is 0 Å². The molecule has 0 saturated heterocycles. The van der Waals surface area contributed by atoms with Crippen LogP contribution in [-0.4, -0.2) is 25.3 Å². The van der Waals surface area contributed by atoms with Crippen molar-refractivity contribution in [3.63, 3.8) is 0 Å². The first-order valence-corrected chi connectivity index (χ1v) is 11.0. The molecule has 3 rings (SSSR count). The average Bonchev–Trinajstić information content (AvgIpc) is 2.99. The third-order valence-corrected chi connectivity index (χ3v) is 5.63. The number of aromatic nitrogens is 4. The van der Waals surface area contributed by atoms with E-state index in [1.165, 1.54) is 5.56 Å². The number of rotatable bonds is 9. The average molecular weight is 446 g/mol. The Kier molecular flexibility index (Phi) is 7.29. The Labute approximate surface area is 172 Å². The second kappa shape index (κ2) is 9.90.